The topological polar surface area (TPSA) is 38.1 Å². The zero-order valence-electron chi connectivity index (χ0n) is 13.0. The van der Waals surface area contributed by atoms with Gasteiger partial charge in [0.1, 0.15) is 5.69 Å². The van der Waals surface area contributed by atoms with Gasteiger partial charge in [-0.25, -0.2) is 0 Å². The number of nitrogens with one attached hydrogen (secondary N) is 1. The van der Waals surface area contributed by atoms with E-state index < -0.39 is 0 Å². The molecule has 0 radical (unpaired) electrons. The van der Waals surface area contributed by atoms with Gasteiger partial charge in [-0.2, -0.15) is 0 Å². The maximum Gasteiger partial charge on any atom is 0.228 e. The first-order valence-corrected chi connectivity index (χ1v) is 8.25. The van der Waals surface area contributed by atoms with Gasteiger partial charge < -0.3 is 9.84 Å². The molecule has 0 atom stereocenters. The molecule has 0 saturated heterocycles. The molecule has 1 aromatic heterocycles. The average Bonchev–Trinajstić information content (AvgIpc) is 2.85. The number of fused-ring (bicyclic) bond motifs is 1. The van der Waals surface area contributed by atoms with E-state index in [4.69, 9.17) is 4.52 Å². The van der Waals surface area contributed by atoms with Crippen molar-refractivity contribution >= 4 is 5.88 Å². The Labute approximate surface area is 136 Å². The average molecular weight is 304 g/mol. The highest BCUT2D eigenvalue weighted by Gasteiger charge is 2.27. The van der Waals surface area contributed by atoms with Gasteiger partial charge in [0, 0.05) is 12.1 Å². The lowest BCUT2D eigenvalue weighted by Gasteiger charge is -2.17. The Balaban J connectivity index is 1.85. The minimum Gasteiger partial charge on any atom is -0.354 e. The number of aromatic nitrogens is 1. The van der Waals surface area contributed by atoms with Crippen molar-refractivity contribution in [2.45, 2.75) is 25.2 Å². The molecule has 1 aliphatic heterocycles. The summed E-state index contributed by atoms with van der Waals surface area (Å²) in [5.74, 6) is 0.971. The van der Waals surface area contributed by atoms with Crippen LogP contribution in [0.3, 0.4) is 0 Å². The first-order valence-electron chi connectivity index (χ1n) is 8.25. The van der Waals surface area contributed by atoms with E-state index in [0.717, 1.165) is 24.5 Å². The first-order chi connectivity index (χ1) is 11.4. The normalized spacial score (nSPS) is 14.1. The second-order valence-electron chi connectivity index (χ2n) is 6.01. The Morgan fingerprint density at radius 3 is 2.17 bits per heavy atom. The fraction of sp³-hybridized carbons (Fsp3) is 0.250. The minimum atomic E-state index is 0.116. The van der Waals surface area contributed by atoms with E-state index in [0.29, 0.717) is 0 Å². The predicted molar refractivity (Wildman–Crippen MR) is 91.8 cm³/mol. The van der Waals surface area contributed by atoms with Crippen LogP contribution in [-0.4, -0.2) is 11.7 Å². The third kappa shape index (κ3) is 2.74. The summed E-state index contributed by atoms with van der Waals surface area (Å²) >= 11 is 0. The fourth-order valence-corrected chi connectivity index (χ4v) is 3.36. The molecule has 0 unspecified atom stereocenters. The summed E-state index contributed by atoms with van der Waals surface area (Å²) in [5, 5.41) is 7.83. The van der Waals surface area contributed by atoms with Crippen LogP contribution in [0.2, 0.25) is 0 Å². The van der Waals surface area contributed by atoms with Crippen LogP contribution in [-0.2, 0) is 6.42 Å². The van der Waals surface area contributed by atoms with Gasteiger partial charge in [0.25, 0.3) is 0 Å². The fourth-order valence-electron chi connectivity index (χ4n) is 3.36. The molecule has 0 fully saturated rings. The van der Waals surface area contributed by atoms with Crippen LogP contribution in [0.1, 0.15) is 41.1 Å². The highest BCUT2D eigenvalue weighted by atomic mass is 16.5. The molecule has 116 valence electrons. The summed E-state index contributed by atoms with van der Waals surface area (Å²) in [4.78, 5) is 0. The van der Waals surface area contributed by atoms with Crippen LogP contribution in [0.25, 0.3) is 0 Å². The van der Waals surface area contributed by atoms with E-state index in [9.17, 15) is 0 Å². The Morgan fingerprint density at radius 1 is 0.870 bits per heavy atom. The van der Waals surface area contributed by atoms with Gasteiger partial charge >= 0.3 is 0 Å². The third-order valence-corrected chi connectivity index (χ3v) is 4.50. The van der Waals surface area contributed by atoms with Gasteiger partial charge in [0.15, 0.2) is 0 Å². The molecule has 4 rings (SSSR count). The monoisotopic (exact) mass is 304 g/mol. The van der Waals surface area contributed by atoms with Crippen molar-refractivity contribution in [3.05, 3.63) is 83.0 Å². The molecule has 2 aromatic carbocycles. The van der Waals surface area contributed by atoms with E-state index >= 15 is 0 Å². The van der Waals surface area contributed by atoms with Crippen molar-refractivity contribution in [2.24, 2.45) is 0 Å². The summed E-state index contributed by atoms with van der Waals surface area (Å²) < 4.78 is 5.63. The standard InChI is InChI=1S/C20H20N2O/c1-3-9-15(10-4-1)18(16-11-5-2-6-12-16)19-17-13-7-8-14-21-20(17)23-22-19/h1-6,9-12,18,21H,7-8,13-14H2. The highest BCUT2D eigenvalue weighted by molar-refractivity contribution is 5.51. The number of rotatable bonds is 3. The van der Waals surface area contributed by atoms with Crippen molar-refractivity contribution < 1.29 is 4.52 Å². The number of benzene rings is 2. The van der Waals surface area contributed by atoms with Crippen LogP contribution < -0.4 is 5.32 Å². The zero-order chi connectivity index (χ0) is 15.5. The molecule has 0 bridgehead atoms. The van der Waals surface area contributed by atoms with E-state index in [-0.39, 0.29) is 5.92 Å². The lowest BCUT2D eigenvalue weighted by molar-refractivity contribution is 0.422. The second-order valence-corrected chi connectivity index (χ2v) is 6.01. The largest absolute Gasteiger partial charge is 0.354 e. The van der Waals surface area contributed by atoms with Crippen LogP contribution in [0, 0.1) is 0 Å². The molecule has 0 spiro atoms. The number of hydrogen-bond donors (Lipinski definition) is 1. The van der Waals surface area contributed by atoms with Crippen LogP contribution in [0.5, 0.6) is 0 Å². The molecule has 0 amide bonds. The molecule has 3 heteroatoms. The van der Waals surface area contributed by atoms with Crippen molar-refractivity contribution in [1.82, 2.24) is 5.16 Å². The number of nitrogens with zero attached hydrogens (tertiary/aromatic N) is 1. The van der Waals surface area contributed by atoms with Gasteiger partial charge in [-0.3, -0.25) is 0 Å². The first kappa shape index (κ1) is 14.1. The number of hydrogen-bond acceptors (Lipinski definition) is 3. The van der Waals surface area contributed by atoms with Gasteiger partial charge in [-0.1, -0.05) is 65.8 Å². The zero-order valence-corrected chi connectivity index (χ0v) is 13.0. The van der Waals surface area contributed by atoms with Gasteiger partial charge in [0.2, 0.25) is 5.88 Å². The minimum absolute atomic E-state index is 0.116. The maximum absolute atomic E-state index is 5.63. The second kappa shape index (κ2) is 6.29. The summed E-state index contributed by atoms with van der Waals surface area (Å²) in [6.07, 6.45) is 3.37. The Morgan fingerprint density at radius 2 is 1.52 bits per heavy atom. The predicted octanol–water partition coefficient (Wildman–Crippen LogP) is 4.60. The summed E-state index contributed by atoms with van der Waals surface area (Å²) in [6.45, 7) is 0.961. The molecule has 3 aromatic rings. The maximum atomic E-state index is 5.63. The molecule has 23 heavy (non-hydrogen) atoms. The van der Waals surface area contributed by atoms with Crippen LogP contribution >= 0.6 is 0 Å². The Kier molecular flexibility index (Phi) is 3.85. The molecule has 2 heterocycles. The SMILES string of the molecule is c1ccc(C(c2ccccc2)c2noc3c2CCCCN3)cc1. The van der Waals surface area contributed by atoms with Crippen molar-refractivity contribution in [3.8, 4) is 0 Å². The quantitative estimate of drug-likeness (QED) is 0.768. The smallest absolute Gasteiger partial charge is 0.228 e. The molecule has 1 N–H and O–H groups in total. The van der Waals surface area contributed by atoms with E-state index in [1.165, 1.54) is 29.5 Å². The van der Waals surface area contributed by atoms with Crippen molar-refractivity contribution in [1.29, 1.82) is 0 Å². The van der Waals surface area contributed by atoms with Gasteiger partial charge in [-0.15, -0.1) is 0 Å². The van der Waals surface area contributed by atoms with Gasteiger partial charge in [-0.05, 0) is 30.4 Å². The number of anilines is 1. The molecule has 1 aliphatic rings. The Bertz CT molecular complexity index is 725. The lowest BCUT2D eigenvalue weighted by Crippen LogP contribution is -2.06. The molecule has 3 nitrogen and oxygen atoms in total. The highest BCUT2D eigenvalue weighted by Crippen LogP contribution is 2.37. The van der Waals surface area contributed by atoms with Crippen LogP contribution in [0.15, 0.2) is 65.2 Å². The third-order valence-electron chi connectivity index (χ3n) is 4.50. The summed E-state index contributed by atoms with van der Waals surface area (Å²) in [5.41, 5.74) is 4.78. The van der Waals surface area contributed by atoms with E-state index in [2.05, 4.69) is 71.1 Å². The molecule has 0 aliphatic carbocycles. The molecular formula is C20H20N2O. The molecule has 0 saturated carbocycles. The van der Waals surface area contributed by atoms with Crippen molar-refractivity contribution in [3.63, 3.8) is 0 Å². The summed E-state index contributed by atoms with van der Waals surface area (Å²) in [6, 6.07) is 21.1. The van der Waals surface area contributed by atoms with Crippen molar-refractivity contribution in [2.75, 3.05) is 11.9 Å². The van der Waals surface area contributed by atoms with Crippen LogP contribution in [0.4, 0.5) is 5.88 Å². The Hall–Kier alpha value is -2.55. The van der Waals surface area contributed by atoms with E-state index in [1.54, 1.807) is 0 Å². The van der Waals surface area contributed by atoms with Gasteiger partial charge in [0.05, 0.1) is 5.92 Å². The molecular weight excluding hydrogens is 284 g/mol. The lowest BCUT2D eigenvalue weighted by atomic mass is 9.86. The summed E-state index contributed by atoms with van der Waals surface area (Å²) in [7, 11) is 0. The van der Waals surface area contributed by atoms with E-state index in [1.807, 2.05) is 0 Å².